The van der Waals surface area contributed by atoms with Gasteiger partial charge in [0.2, 0.25) is 0 Å². The van der Waals surface area contributed by atoms with Crippen molar-refractivity contribution in [3.05, 3.63) is 59.8 Å². The molecule has 3 aromatic rings. The van der Waals surface area contributed by atoms with Gasteiger partial charge in [-0.05, 0) is 18.6 Å². The molecule has 0 saturated carbocycles. The maximum Gasteiger partial charge on any atom is 0.153 e. The van der Waals surface area contributed by atoms with Gasteiger partial charge in [-0.1, -0.05) is 37.3 Å². The summed E-state index contributed by atoms with van der Waals surface area (Å²) in [4.78, 5) is 12.2. The molecule has 0 bridgehead atoms. The Balaban J connectivity index is 2.08. The molecule has 3 rings (SSSR count). The summed E-state index contributed by atoms with van der Waals surface area (Å²) in [7, 11) is 0. The second-order valence-corrected chi connectivity index (χ2v) is 4.87. The van der Waals surface area contributed by atoms with Crippen molar-refractivity contribution in [2.24, 2.45) is 0 Å². The molecule has 2 aromatic carbocycles. The Labute approximate surface area is 127 Å². The Morgan fingerprint density at radius 3 is 2.55 bits per heavy atom. The van der Waals surface area contributed by atoms with Gasteiger partial charge in [-0.15, -0.1) is 5.10 Å². The van der Waals surface area contributed by atoms with Gasteiger partial charge in [0.1, 0.15) is 11.4 Å². The summed E-state index contributed by atoms with van der Waals surface area (Å²) in [6.45, 7) is 2.02. The van der Waals surface area contributed by atoms with E-state index in [1.165, 1.54) is 10.9 Å². The van der Waals surface area contributed by atoms with Crippen molar-refractivity contribution in [3.8, 4) is 22.7 Å². The van der Waals surface area contributed by atoms with Gasteiger partial charge in [0.25, 0.3) is 0 Å². The van der Waals surface area contributed by atoms with E-state index in [0.717, 1.165) is 23.4 Å². The van der Waals surface area contributed by atoms with Crippen LogP contribution in [0, 0.1) is 0 Å². The topological polar surface area (TPSA) is 68.0 Å². The molecule has 0 aliphatic heterocycles. The number of hydrogen-bond donors (Lipinski definition) is 1. The average Bonchev–Trinajstić information content (AvgIpc) is 3.00. The number of aromatic nitrogens is 3. The minimum absolute atomic E-state index is 0.0795. The molecule has 5 heteroatoms. The minimum atomic E-state index is -0.0795. The highest BCUT2D eigenvalue weighted by Crippen LogP contribution is 2.23. The highest BCUT2D eigenvalue weighted by Gasteiger charge is 2.13. The van der Waals surface area contributed by atoms with E-state index in [4.69, 9.17) is 0 Å². The van der Waals surface area contributed by atoms with E-state index in [2.05, 4.69) is 10.2 Å². The third kappa shape index (κ3) is 2.48. The first-order chi connectivity index (χ1) is 10.7. The quantitative estimate of drug-likeness (QED) is 0.751. The van der Waals surface area contributed by atoms with Crippen molar-refractivity contribution >= 4 is 6.29 Å². The summed E-state index contributed by atoms with van der Waals surface area (Å²) in [5.41, 5.74) is 3.56. The first-order valence-corrected chi connectivity index (χ1v) is 7.03. The lowest BCUT2D eigenvalue weighted by Gasteiger charge is -2.02. The predicted molar refractivity (Wildman–Crippen MR) is 83.2 cm³/mol. The van der Waals surface area contributed by atoms with Gasteiger partial charge in [0.15, 0.2) is 6.29 Å². The fourth-order valence-corrected chi connectivity index (χ4v) is 2.27. The fraction of sp³-hybridized carbons (Fsp3) is 0.118. The molecule has 0 aliphatic rings. The van der Waals surface area contributed by atoms with Crippen molar-refractivity contribution in [1.29, 1.82) is 0 Å². The van der Waals surface area contributed by atoms with E-state index < -0.39 is 0 Å². The minimum Gasteiger partial charge on any atom is -0.507 e. The van der Waals surface area contributed by atoms with Crippen LogP contribution in [0.3, 0.4) is 0 Å². The number of aryl methyl sites for hydroxylation is 1. The third-order valence-electron chi connectivity index (χ3n) is 3.44. The number of phenolic OH excluding ortho intramolecular Hbond substituents is 1. The van der Waals surface area contributed by atoms with Crippen molar-refractivity contribution in [1.82, 2.24) is 15.0 Å². The van der Waals surface area contributed by atoms with Crippen LogP contribution in [-0.4, -0.2) is 26.4 Å². The number of aldehydes is 1. The van der Waals surface area contributed by atoms with Gasteiger partial charge in [-0.3, -0.25) is 4.79 Å². The average molecular weight is 293 g/mol. The van der Waals surface area contributed by atoms with Crippen LogP contribution in [0.15, 0.2) is 48.5 Å². The van der Waals surface area contributed by atoms with E-state index in [0.29, 0.717) is 12.0 Å². The van der Waals surface area contributed by atoms with Gasteiger partial charge in [0.05, 0.1) is 16.9 Å². The standard InChI is InChI=1S/C17H15N3O2/c1-2-15-17(12-6-4-3-5-7-12)19-20(18-15)14-9-8-13(11-21)16(22)10-14/h3-11,22H,2H2,1H3. The van der Waals surface area contributed by atoms with Gasteiger partial charge >= 0.3 is 0 Å². The molecule has 0 fully saturated rings. The largest absolute Gasteiger partial charge is 0.507 e. The zero-order valence-electron chi connectivity index (χ0n) is 12.1. The number of nitrogens with zero attached hydrogens (tertiary/aromatic N) is 3. The van der Waals surface area contributed by atoms with Crippen molar-refractivity contribution in [2.45, 2.75) is 13.3 Å². The predicted octanol–water partition coefficient (Wildman–Crippen LogP) is 3.01. The zero-order valence-corrected chi connectivity index (χ0v) is 12.1. The number of hydrogen-bond acceptors (Lipinski definition) is 4. The summed E-state index contributed by atoms with van der Waals surface area (Å²) in [5.74, 6) is -0.0795. The van der Waals surface area contributed by atoms with Crippen LogP contribution < -0.4 is 0 Å². The maximum absolute atomic E-state index is 10.8. The highest BCUT2D eigenvalue weighted by atomic mass is 16.3. The molecule has 1 N–H and O–H groups in total. The number of carbonyl (C=O) groups is 1. The number of rotatable bonds is 4. The molecule has 0 amide bonds. The van der Waals surface area contributed by atoms with Crippen molar-refractivity contribution < 1.29 is 9.90 Å². The van der Waals surface area contributed by atoms with E-state index in [-0.39, 0.29) is 11.3 Å². The summed E-state index contributed by atoms with van der Waals surface area (Å²) in [5, 5.41) is 18.8. The number of aromatic hydroxyl groups is 1. The normalized spacial score (nSPS) is 10.6. The second-order valence-electron chi connectivity index (χ2n) is 4.87. The smallest absolute Gasteiger partial charge is 0.153 e. The number of benzene rings is 2. The van der Waals surface area contributed by atoms with Crippen molar-refractivity contribution in [3.63, 3.8) is 0 Å². The molecule has 5 nitrogen and oxygen atoms in total. The van der Waals surface area contributed by atoms with Gasteiger partial charge < -0.3 is 5.11 Å². The molecule has 0 saturated heterocycles. The third-order valence-corrected chi connectivity index (χ3v) is 3.44. The molecule has 1 heterocycles. The summed E-state index contributed by atoms with van der Waals surface area (Å²) >= 11 is 0. The molecule has 0 aliphatic carbocycles. The van der Waals surface area contributed by atoms with Gasteiger partial charge in [-0.25, -0.2) is 0 Å². The Morgan fingerprint density at radius 2 is 1.91 bits per heavy atom. The Morgan fingerprint density at radius 1 is 1.14 bits per heavy atom. The summed E-state index contributed by atoms with van der Waals surface area (Å²) < 4.78 is 0. The lowest BCUT2D eigenvalue weighted by atomic mass is 10.1. The van der Waals surface area contributed by atoms with E-state index in [9.17, 15) is 9.90 Å². The van der Waals surface area contributed by atoms with Crippen LogP contribution in [0.2, 0.25) is 0 Å². The van der Waals surface area contributed by atoms with Crippen molar-refractivity contribution in [2.75, 3.05) is 0 Å². The van der Waals surface area contributed by atoms with E-state index in [1.54, 1.807) is 12.1 Å². The molecule has 0 atom stereocenters. The monoisotopic (exact) mass is 293 g/mol. The Hall–Kier alpha value is -2.95. The molecule has 0 radical (unpaired) electrons. The SMILES string of the molecule is CCc1nn(-c2ccc(C=O)c(O)c2)nc1-c1ccccc1. The molecule has 110 valence electrons. The molecule has 0 unspecified atom stereocenters. The first-order valence-electron chi connectivity index (χ1n) is 7.03. The number of carbonyl (C=O) groups excluding carboxylic acids is 1. The first kappa shape index (κ1) is 14.0. The Bertz CT molecular complexity index is 810. The molecular weight excluding hydrogens is 278 g/mol. The molecule has 1 aromatic heterocycles. The van der Waals surface area contributed by atoms with Crippen LogP contribution in [0.5, 0.6) is 5.75 Å². The number of phenols is 1. The maximum atomic E-state index is 10.8. The van der Waals surface area contributed by atoms with E-state index >= 15 is 0 Å². The second kappa shape index (κ2) is 5.81. The molecular formula is C17H15N3O2. The van der Waals surface area contributed by atoms with Gasteiger partial charge in [-0.2, -0.15) is 9.90 Å². The van der Waals surface area contributed by atoms with Gasteiger partial charge in [0, 0.05) is 11.6 Å². The van der Waals surface area contributed by atoms with Crippen LogP contribution in [0.25, 0.3) is 16.9 Å². The highest BCUT2D eigenvalue weighted by molar-refractivity contribution is 5.79. The summed E-state index contributed by atoms with van der Waals surface area (Å²) in [6.07, 6.45) is 1.37. The van der Waals surface area contributed by atoms with Crippen LogP contribution in [-0.2, 0) is 6.42 Å². The summed E-state index contributed by atoms with van der Waals surface area (Å²) in [6, 6.07) is 14.6. The molecule has 22 heavy (non-hydrogen) atoms. The lowest BCUT2D eigenvalue weighted by molar-refractivity contribution is 0.112. The zero-order chi connectivity index (χ0) is 15.5. The fourth-order valence-electron chi connectivity index (χ4n) is 2.27. The van der Waals surface area contributed by atoms with Crippen LogP contribution in [0.1, 0.15) is 23.0 Å². The van der Waals surface area contributed by atoms with E-state index in [1.807, 2.05) is 37.3 Å². The molecule has 0 spiro atoms. The van der Waals surface area contributed by atoms with Crippen LogP contribution >= 0.6 is 0 Å². The Kier molecular flexibility index (Phi) is 3.70. The lowest BCUT2D eigenvalue weighted by Crippen LogP contribution is -1.99. The van der Waals surface area contributed by atoms with Crippen LogP contribution in [0.4, 0.5) is 0 Å².